The summed E-state index contributed by atoms with van der Waals surface area (Å²) in [6.45, 7) is 0. The predicted molar refractivity (Wildman–Crippen MR) is 124 cm³/mol. The zero-order valence-corrected chi connectivity index (χ0v) is 16.7. The van der Waals surface area contributed by atoms with Gasteiger partial charge in [-0.05, 0) is 70.8 Å². The van der Waals surface area contributed by atoms with Crippen LogP contribution in [0.3, 0.4) is 0 Å². The summed E-state index contributed by atoms with van der Waals surface area (Å²) in [7, 11) is 0. The Morgan fingerprint density at radius 2 is 0.645 bits per heavy atom. The second-order valence-electron chi connectivity index (χ2n) is 7.01. The zero-order valence-electron chi connectivity index (χ0n) is 16.7. The summed E-state index contributed by atoms with van der Waals surface area (Å²) in [6, 6.07) is 28.2. The number of ether oxygens (including phenoxy) is 1. The maximum Gasteiger partial charge on any atom is 0.127 e. The molecule has 152 valence electrons. The van der Waals surface area contributed by atoms with Gasteiger partial charge in [0.15, 0.2) is 0 Å². The van der Waals surface area contributed by atoms with E-state index in [1.807, 2.05) is 72.8 Å². The first-order valence-corrected chi connectivity index (χ1v) is 9.89. The third kappa shape index (κ3) is 6.00. The van der Waals surface area contributed by atoms with Gasteiger partial charge in [0.2, 0.25) is 0 Å². The fourth-order valence-electron chi connectivity index (χ4n) is 2.96. The monoisotopic (exact) mass is 410 g/mol. The molecule has 0 radical (unpaired) electrons. The van der Waals surface area contributed by atoms with Crippen molar-refractivity contribution in [1.82, 2.24) is 0 Å². The van der Waals surface area contributed by atoms with Gasteiger partial charge in [-0.15, -0.1) is 0 Å². The van der Waals surface area contributed by atoms with Crippen molar-refractivity contribution in [2.45, 2.75) is 0 Å². The van der Waals surface area contributed by atoms with Crippen LogP contribution in [0.1, 0.15) is 22.3 Å². The third-order valence-corrected chi connectivity index (χ3v) is 4.67. The number of halogens is 2. The van der Waals surface area contributed by atoms with E-state index in [2.05, 4.69) is 0 Å². The highest BCUT2D eigenvalue weighted by molar-refractivity contribution is 5.70. The largest absolute Gasteiger partial charge is 0.457 e. The van der Waals surface area contributed by atoms with Gasteiger partial charge in [-0.3, -0.25) is 0 Å². The lowest BCUT2D eigenvalue weighted by Crippen LogP contribution is -1.84. The lowest BCUT2D eigenvalue weighted by atomic mass is 10.1. The number of hydrogen-bond donors (Lipinski definition) is 0. The molecule has 0 N–H and O–H groups in total. The van der Waals surface area contributed by atoms with Crippen molar-refractivity contribution < 1.29 is 13.5 Å². The molecule has 0 saturated carbocycles. The Morgan fingerprint density at radius 3 is 0.935 bits per heavy atom. The smallest absolute Gasteiger partial charge is 0.127 e. The van der Waals surface area contributed by atoms with Gasteiger partial charge in [0.1, 0.15) is 23.1 Å². The molecule has 4 aromatic carbocycles. The molecule has 0 heterocycles. The molecule has 0 spiro atoms. The fraction of sp³-hybridized carbons (Fsp3) is 0. The predicted octanol–water partition coefficient (Wildman–Crippen LogP) is 8.10. The van der Waals surface area contributed by atoms with Crippen molar-refractivity contribution in [3.05, 3.63) is 131 Å². The molecule has 0 aliphatic rings. The van der Waals surface area contributed by atoms with E-state index in [1.54, 1.807) is 24.3 Å². The number of rotatable bonds is 6. The fourth-order valence-corrected chi connectivity index (χ4v) is 2.96. The molecule has 31 heavy (non-hydrogen) atoms. The van der Waals surface area contributed by atoms with Crippen molar-refractivity contribution >= 4 is 24.3 Å². The first-order chi connectivity index (χ1) is 15.1. The second kappa shape index (κ2) is 9.68. The van der Waals surface area contributed by atoms with Crippen molar-refractivity contribution in [3.8, 4) is 11.5 Å². The van der Waals surface area contributed by atoms with Crippen LogP contribution in [0.4, 0.5) is 8.78 Å². The van der Waals surface area contributed by atoms with Gasteiger partial charge in [0.25, 0.3) is 0 Å². The van der Waals surface area contributed by atoms with Gasteiger partial charge in [-0.25, -0.2) is 8.78 Å². The zero-order chi connectivity index (χ0) is 21.5. The van der Waals surface area contributed by atoms with Crippen LogP contribution in [0.2, 0.25) is 0 Å². The van der Waals surface area contributed by atoms with Crippen molar-refractivity contribution in [3.63, 3.8) is 0 Å². The maximum absolute atomic E-state index is 13.0. The van der Waals surface area contributed by atoms with E-state index >= 15 is 0 Å². The summed E-state index contributed by atoms with van der Waals surface area (Å²) in [6.07, 6.45) is 7.82. The summed E-state index contributed by atoms with van der Waals surface area (Å²) < 4.78 is 31.8. The van der Waals surface area contributed by atoms with Crippen LogP contribution < -0.4 is 4.74 Å². The minimum Gasteiger partial charge on any atom is -0.457 e. The molecule has 0 amide bonds. The topological polar surface area (TPSA) is 9.23 Å². The van der Waals surface area contributed by atoms with Gasteiger partial charge < -0.3 is 4.74 Å². The normalized spacial score (nSPS) is 11.3. The molecule has 0 aliphatic heterocycles. The van der Waals surface area contributed by atoms with E-state index in [0.29, 0.717) is 0 Å². The van der Waals surface area contributed by atoms with Crippen LogP contribution in [0, 0.1) is 11.6 Å². The average Bonchev–Trinajstić information content (AvgIpc) is 2.80. The van der Waals surface area contributed by atoms with Crippen LogP contribution in [0.25, 0.3) is 24.3 Å². The van der Waals surface area contributed by atoms with E-state index in [0.717, 1.165) is 33.8 Å². The molecule has 4 aromatic rings. The molecule has 0 saturated heterocycles. The summed E-state index contributed by atoms with van der Waals surface area (Å²) >= 11 is 0. The number of benzene rings is 4. The van der Waals surface area contributed by atoms with Gasteiger partial charge in [-0.2, -0.15) is 0 Å². The van der Waals surface area contributed by atoms with Crippen molar-refractivity contribution in [2.24, 2.45) is 0 Å². The summed E-state index contributed by atoms with van der Waals surface area (Å²) in [5.74, 6) is 1.01. The van der Waals surface area contributed by atoms with Crippen LogP contribution in [-0.4, -0.2) is 0 Å². The molecule has 0 aliphatic carbocycles. The molecule has 0 atom stereocenters. The Morgan fingerprint density at radius 1 is 0.387 bits per heavy atom. The van der Waals surface area contributed by atoms with Crippen molar-refractivity contribution in [2.75, 3.05) is 0 Å². The molecule has 4 rings (SSSR count). The van der Waals surface area contributed by atoms with Gasteiger partial charge in [0.05, 0.1) is 0 Å². The first kappa shape index (κ1) is 20.3. The Kier molecular flexibility index (Phi) is 6.34. The van der Waals surface area contributed by atoms with Gasteiger partial charge in [0, 0.05) is 0 Å². The quantitative estimate of drug-likeness (QED) is 0.292. The van der Waals surface area contributed by atoms with Crippen molar-refractivity contribution in [1.29, 1.82) is 0 Å². The highest BCUT2D eigenvalue weighted by Crippen LogP contribution is 2.23. The van der Waals surface area contributed by atoms with Gasteiger partial charge >= 0.3 is 0 Å². The van der Waals surface area contributed by atoms with Crippen LogP contribution in [-0.2, 0) is 0 Å². The Hall–Kier alpha value is -3.98. The molecule has 1 nitrogen and oxygen atoms in total. The minimum absolute atomic E-state index is 0.240. The summed E-state index contributed by atoms with van der Waals surface area (Å²) in [4.78, 5) is 0. The first-order valence-electron chi connectivity index (χ1n) is 9.89. The molecule has 0 aromatic heterocycles. The molecule has 0 fully saturated rings. The van der Waals surface area contributed by atoms with Crippen LogP contribution in [0.5, 0.6) is 11.5 Å². The highest BCUT2D eigenvalue weighted by Gasteiger charge is 1.98. The number of hydrogen-bond acceptors (Lipinski definition) is 1. The minimum atomic E-state index is -0.240. The van der Waals surface area contributed by atoms with E-state index in [1.165, 1.54) is 24.3 Å². The highest BCUT2D eigenvalue weighted by atomic mass is 19.1. The lowest BCUT2D eigenvalue weighted by Gasteiger charge is -2.06. The SMILES string of the molecule is Fc1ccc(/C=C/c2ccc(Oc3ccc(/C=C/c4ccc(F)cc4)cc3)cc2)cc1. The lowest BCUT2D eigenvalue weighted by molar-refractivity contribution is 0.482. The third-order valence-electron chi connectivity index (χ3n) is 4.67. The second-order valence-corrected chi connectivity index (χ2v) is 7.01. The van der Waals surface area contributed by atoms with E-state index in [9.17, 15) is 8.78 Å². The molecule has 3 heteroatoms. The Labute approximate surface area is 180 Å². The Balaban J connectivity index is 1.35. The van der Waals surface area contributed by atoms with E-state index < -0.39 is 0 Å². The van der Waals surface area contributed by atoms with E-state index in [-0.39, 0.29) is 11.6 Å². The summed E-state index contributed by atoms with van der Waals surface area (Å²) in [5.41, 5.74) is 3.93. The maximum atomic E-state index is 13.0. The summed E-state index contributed by atoms with van der Waals surface area (Å²) in [5, 5.41) is 0. The average molecular weight is 410 g/mol. The standard InChI is InChI=1S/C28H20F2O/c29-25-13-5-21(6-14-25)1-3-23-9-17-27(18-10-23)31-28-19-11-24(12-20-28)4-2-22-7-15-26(30)16-8-22/h1-20H/b3-1+,4-2+. The van der Waals surface area contributed by atoms with Crippen LogP contribution in [0.15, 0.2) is 97.1 Å². The molecule has 0 bridgehead atoms. The molecule has 0 unspecified atom stereocenters. The Bertz CT molecular complexity index is 1070. The van der Waals surface area contributed by atoms with Gasteiger partial charge in [-0.1, -0.05) is 72.8 Å². The molecular weight excluding hydrogens is 390 g/mol. The van der Waals surface area contributed by atoms with E-state index in [4.69, 9.17) is 4.74 Å². The molecular formula is C28H20F2O. The van der Waals surface area contributed by atoms with Crippen LogP contribution >= 0.6 is 0 Å².